The molecule has 0 spiro atoms. The van der Waals surface area contributed by atoms with Crippen LogP contribution in [0.15, 0.2) is 54.7 Å². The predicted molar refractivity (Wildman–Crippen MR) is 107 cm³/mol. The monoisotopic (exact) mass is 362 g/mol. The number of anilines is 4. The fourth-order valence-electron chi connectivity index (χ4n) is 2.49. The van der Waals surface area contributed by atoms with Gasteiger partial charge in [-0.25, -0.2) is 9.78 Å². The minimum atomic E-state index is -0.333. The number of rotatable bonds is 6. The second kappa shape index (κ2) is 8.31. The molecule has 0 aliphatic rings. The number of hydrogen-bond donors (Lipinski definition) is 2. The highest BCUT2D eigenvalue weighted by Crippen LogP contribution is 2.20. The molecule has 2 N–H and O–H groups in total. The first-order chi connectivity index (χ1) is 13.0. The molecule has 2 aromatic carbocycles. The Morgan fingerprint density at radius 1 is 0.963 bits per heavy atom. The van der Waals surface area contributed by atoms with Crippen molar-refractivity contribution >= 4 is 29.1 Å². The van der Waals surface area contributed by atoms with Crippen LogP contribution in [0.4, 0.5) is 23.1 Å². The molecular weight excluding hydrogens is 340 g/mol. The van der Waals surface area contributed by atoms with Gasteiger partial charge in [0.2, 0.25) is 5.95 Å². The molecule has 0 saturated carbocycles. The van der Waals surface area contributed by atoms with Crippen LogP contribution in [-0.4, -0.2) is 22.5 Å². The molecule has 6 nitrogen and oxygen atoms in total. The number of benzene rings is 2. The fraction of sp³-hybridized carbons (Fsp3) is 0.190. The lowest BCUT2D eigenvalue weighted by Gasteiger charge is -2.10. The molecule has 0 amide bonds. The van der Waals surface area contributed by atoms with Gasteiger partial charge >= 0.3 is 5.97 Å². The van der Waals surface area contributed by atoms with E-state index in [1.807, 2.05) is 12.1 Å². The summed E-state index contributed by atoms with van der Waals surface area (Å²) in [6, 6.07) is 15.0. The van der Waals surface area contributed by atoms with E-state index in [1.54, 1.807) is 37.4 Å². The second-order valence-corrected chi connectivity index (χ2v) is 6.11. The quantitative estimate of drug-likeness (QED) is 0.616. The zero-order valence-electron chi connectivity index (χ0n) is 15.6. The first kappa shape index (κ1) is 18.4. The van der Waals surface area contributed by atoms with E-state index in [9.17, 15) is 4.79 Å². The molecule has 0 unspecified atom stereocenters. The first-order valence-electron chi connectivity index (χ1n) is 8.76. The molecule has 0 bridgehead atoms. The second-order valence-electron chi connectivity index (χ2n) is 6.11. The van der Waals surface area contributed by atoms with E-state index in [0.29, 0.717) is 23.9 Å². The van der Waals surface area contributed by atoms with Crippen LogP contribution in [0.2, 0.25) is 0 Å². The Morgan fingerprint density at radius 2 is 1.70 bits per heavy atom. The molecule has 0 aliphatic carbocycles. The standard InChI is InChI=1S/C21H22N4O2/c1-4-27-20(26)16-6-9-17(10-7-16)24-21-22-12-11-19(25-21)23-18-8-5-14(2)15(3)13-18/h5-13H,4H2,1-3H3,(H2,22,23,24,25). The summed E-state index contributed by atoms with van der Waals surface area (Å²) in [5.41, 5.74) is 4.73. The van der Waals surface area contributed by atoms with E-state index in [0.717, 1.165) is 11.4 Å². The molecule has 0 atom stereocenters. The highest BCUT2D eigenvalue weighted by molar-refractivity contribution is 5.89. The van der Waals surface area contributed by atoms with Gasteiger partial charge < -0.3 is 15.4 Å². The number of ether oxygens (including phenoxy) is 1. The van der Waals surface area contributed by atoms with Crippen LogP contribution in [0.1, 0.15) is 28.4 Å². The van der Waals surface area contributed by atoms with Crippen molar-refractivity contribution in [2.45, 2.75) is 20.8 Å². The zero-order valence-corrected chi connectivity index (χ0v) is 15.6. The van der Waals surface area contributed by atoms with Crippen molar-refractivity contribution in [1.82, 2.24) is 9.97 Å². The van der Waals surface area contributed by atoms with Gasteiger partial charge in [0.25, 0.3) is 0 Å². The fourth-order valence-corrected chi connectivity index (χ4v) is 2.49. The number of nitrogens with one attached hydrogen (secondary N) is 2. The van der Waals surface area contributed by atoms with Crippen molar-refractivity contribution in [2.24, 2.45) is 0 Å². The number of carbonyl (C=O) groups is 1. The summed E-state index contributed by atoms with van der Waals surface area (Å²) >= 11 is 0. The summed E-state index contributed by atoms with van der Waals surface area (Å²) in [5, 5.41) is 6.42. The summed E-state index contributed by atoms with van der Waals surface area (Å²) in [7, 11) is 0. The van der Waals surface area contributed by atoms with Gasteiger partial charge in [0, 0.05) is 17.6 Å². The Kier molecular flexibility index (Phi) is 5.66. The number of nitrogens with zero attached hydrogens (tertiary/aromatic N) is 2. The Hall–Kier alpha value is -3.41. The van der Waals surface area contributed by atoms with Gasteiger partial charge in [-0.2, -0.15) is 4.98 Å². The van der Waals surface area contributed by atoms with E-state index < -0.39 is 0 Å². The van der Waals surface area contributed by atoms with E-state index in [1.165, 1.54) is 11.1 Å². The average molecular weight is 362 g/mol. The van der Waals surface area contributed by atoms with Crippen LogP contribution in [-0.2, 0) is 4.74 Å². The van der Waals surface area contributed by atoms with Crippen molar-refractivity contribution in [2.75, 3.05) is 17.2 Å². The minimum absolute atomic E-state index is 0.333. The molecule has 3 rings (SSSR count). The molecule has 27 heavy (non-hydrogen) atoms. The Bertz CT molecular complexity index is 939. The third-order valence-electron chi connectivity index (χ3n) is 4.09. The number of aryl methyl sites for hydroxylation is 2. The first-order valence-corrected chi connectivity index (χ1v) is 8.76. The van der Waals surface area contributed by atoms with Crippen LogP contribution in [0.5, 0.6) is 0 Å². The van der Waals surface area contributed by atoms with Gasteiger partial charge in [-0.1, -0.05) is 6.07 Å². The summed E-state index contributed by atoms with van der Waals surface area (Å²) in [4.78, 5) is 20.4. The van der Waals surface area contributed by atoms with Gasteiger partial charge in [0.05, 0.1) is 12.2 Å². The number of carbonyl (C=O) groups excluding carboxylic acids is 1. The average Bonchev–Trinajstić information content (AvgIpc) is 2.66. The van der Waals surface area contributed by atoms with Crippen LogP contribution >= 0.6 is 0 Å². The third kappa shape index (κ3) is 4.82. The van der Waals surface area contributed by atoms with E-state index in [-0.39, 0.29) is 5.97 Å². The van der Waals surface area contributed by atoms with Crippen molar-refractivity contribution in [1.29, 1.82) is 0 Å². The summed E-state index contributed by atoms with van der Waals surface area (Å²) < 4.78 is 4.98. The molecule has 0 saturated heterocycles. The van der Waals surface area contributed by atoms with Crippen molar-refractivity contribution < 1.29 is 9.53 Å². The largest absolute Gasteiger partial charge is 0.462 e. The molecule has 138 valence electrons. The number of esters is 1. The van der Waals surface area contributed by atoms with E-state index in [2.05, 4.69) is 46.6 Å². The SMILES string of the molecule is CCOC(=O)c1ccc(Nc2nccc(Nc3ccc(C)c(C)c3)n2)cc1. The highest BCUT2D eigenvalue weighted by atomic mass is 16.5. The van der Waals surface area contributed by atoms with Crippen LogP contribution in [0.3, 0.4) is 0 Å². The molecule has 6 heteroatoms. The van der Waals surface area contributed by atoms with Crippen molar-refractivity contribution in [3.63, 3.8) is 0 Å². The van der Waals surface area contributed by atoms with Gasteiger partial charge in [0.15, 0.2) is 0 Å². The smallest absolute Gasteiger partial charge is 0.338 e. The lowest BCUT2D eigenvalue weighted by molar-refractivity contribution is 0.0526. The molecule has 1 aromatic heterocycles. The molecular formula is C21H22N4O2. The zero-order chi connectivity index (χ0) is 19.2. The molecule has 0 radical (unpaired) electrons. The maximum Gasteiger partial charge on any atom is 0.338 e. The van der Waals surface area contributed by atoms with Crippen molar-refractivity contribution in [3.8, 4) is 0 Å². The van der Waals surface area contributed by atoms with Crippen molar-refractivity contribution in [3.05, 3.63) is 71.4 Å². The molecule has 3 aromatic rings. The van der Waals surface area contributed by atoms with Crippen LogP contribution in [0.25, 0.3) is 0 Å². The number of hydrogen-bond acceptors (Lipinski definition) is 6. The minimum Gasteiger partial charge on any atom is -0.462 e. The van der Waals surface area contributed by atoms with Gasteiger partial charge in [-0.3, -0.25) is 0 Å². The Labute approximate surface area is 158 Å². The molecule has 0 fully saturated rings. The Morgan fingerprint density at radius 3 is 2.41 bits per heavy atom. The summed E-state index contributed by atoms with van der Waals surface area (Å²) in [6.45, 7) is 6.30. The predicted octanol–water partition coefficient (Wildman–Crippen LogP) is 4.76. The van der Waals surface area contributed by atoms with Crippen LogP contribution in [0, 0.1) is 13.8 Å². The lowest BCUT2D eigenvalue weighted by Crippen LogP contribution is -2.05. The third-order valence-corrected chi connectivity index (χ3v) is 4.09. The maximum atomic E-state index is 11.7. The lowest BCUT2D eigenvalue weighted by atomic mass is 10.1. The van der Waals surface area contributed by atoms with E-state index >= 15 is 0 Å². The van der Waals surface area contributed by atoms with E-state index in [4.69, 9.17) is 4.74 Å². The maximum absolute atomic E-state index is 11.7. The van der Waals surface area contributed by atoms with Crippen LogP contribution < -0.4 is 10.6 Å². The van der Waals surface area contributed by atoms with Gasteiger partial charge in [0.1, 0.15) is 5.82 Å². The van der Waals surface area contributed by atoms with Gasteiger partial charge in [-0.05, 0) is 74.4 Å². The molecule has 0 aliphatic heterocycles. The molecule has 1 heterocycles. The topological polar surface area (TPSA) is 76.1 Å². The highest BCUT2D eigenvalue weighted by Gasteiger charge is 2.06. The number of aromatic nitrogens is 2. The van der Waals surface area contributed by atoms with Gasteiger partial charge in [-0.15, -0.1) is 0 Å². The summed E-state index contributed by atoms with van der Waals surface area (Å²) in [6.07, 6.45) is 1.69. The summed E-state index contributed by atoms with van der Waals surface area (Å²) in [5.74, 6) is 0.825. The normalized spacial score (nSPS) is 10.3. The Balaban J connectivity index is 1.70.